The number of nitrogens with zero attached hydrogens (tertiary/aromatic N) is 2. The topological polar surface area (TPSA) is 117 Å². The van der Waals surface area contributed by atoms with Crippen LogP contribution in [0.3, 0.4) is 0 Å². The van der Waals surface area contributed by atoms with E-state index in [1.165, 1.54) is 9.80 Å². The molecule has 2 atom stereocenters. The smallest absolute Gasteiger partial charge is 0.415 e. The van der Waals surface area contributed by atoms with Crippen LogP contribution in [0.15, 0.2) is 97.1 Å². The second-order valence-electron chi connectivity index (χ2n) is 15.0. The molecule has 0 unspecified atom stereocenters. The van der Waals surface area contributed by atoms with Crippen LogP contribution < -0.4 is 20.4 Å². The van der Waals surface area contributed by atoms with Gasteiger partial charge in [0, 0.05) is 24.2 Å². The lowest BCUT2D eigenvalue weighted by molar-refractivity contribution is -0.118. The molecule has 0 saturated carbocycles. The number of nitrogens with one attached hydrogen (secondary N) is 2. The van der Waals surface area contributed by atoms with E-state index in [4.69, 9.17) is 9.47 Å². The summed E-state index contributed by atoms with van der Waals surface area (Å²) in [4.78, 5) is 56.1. The molecule has 4 aromatic carbocycles. The Morgan fingerprint density at radius 3 is 1.25 bits per heavy atom. The Hall–Kier alpha value is -5.90. The summed E-state index contributed by atoms with van der Waals surface area (Å²) in [6.07, 6.45) is 3.57. The van der Waals surface area contributed by atoms with Crippen LogP contribution in [0.2, 0.25) is 0 Å². The summed E-state index contributed by atoms with van der Waals surface area (Å²) in [6.45, 7) is 10.8. The van der Waals surface area contributed by atoms with Crippen molar-refractivity contribution in [2.45, 2.75) is 77.7 Å². The highest BCUT2D eigenvalue weighted by Crippen LogP contribution is 2.35. The number of hydrogen-bond donors (Lipinski definition) is 2. The number of carbonyl (C=O) groups excluding carboxylic acids is 4. The molecule has 2 heterocycles. The molecule has 0 saturated heterocycles. The highest BCUT2D eigenvalue weighted by Gasteiger charge is 2.41. The van der Waals surface area contributed by atoms with Gasteiger partial charge in [0.15, 0.2) is 0 Å². The van der Waals surface area contributed by atoms with Crippen LogP contribution in [0.25, 0.3) is 12.2 Å². The Kier molecular flexibility index (Phi) is 9.93. The Balaban J connectivity index is 1.06. The van der Waals surface area contributed by atoms with Gasteiger partial charge < -0.3 is 20.1 Å². The number of hydrogen-bond acceptors (Lipinski definition) is 6. The van der Waals surface area contributed by atoms with Crippen molar-refractivity contribution in [2.24, 2.45) is 0 Å². The van der Waals surface area contributed by atoms with Gasteiger partial charge in [0.1, 0.15) is 23.3 Å². The number of para-hydroxylation sites is 2. The van der Waals surface area contributed by atoms with Crippen molar-refractivity contribution in [1.29, 1.82) is 0 Å². The maximum Gasteiger partial charge on any atom is 0.415 e. The average Bonchev–Trinajstić information content (AvgIpc) is 3.67. The normalized spacial score (nSPS) is 16.7. The van der Waals surface area contributed by atoms with Gasteiger partial charge in [-0.15, -0.1) is 0 Å². The van der Waals surface area contributed by atoms with E-state index in [0.717, 1.165) is 22.3 Å². The van der Waals surface area contributed by atoms with Gasteiger partial charge in [-0.1, -0.05) is 72.8 Å². The first-order valence-electron chi connectivity index (χ1n) is 17.4. The third-order valence-electron chi connectivity index (χ3n) is 8.56. The van der Waals surface area contributed by atoms with E-state index in [1.54, 1.807) is 41.5 Å². The van der Waals surface area contributed by atoms with Gasteiger partial charge in [0.2, 0.25) is 11.8 Å². The van der Waals surface area contributed by atoms with Gasteiger partial charge in [-0.05, 0) is 100 Å². The number of carbonyl (C=O) groups is 4. The summed E-state index contributed by atoms with van der Waals surface area (Å²) in [5.74, 6) is -0.597. The van der Waals surface area contributed by atoms with Crippen LogP contribution in [0.5, 0.6) is 0 Å². The molecule has 2 N–H and O–H groups in total. The van der Waals surface area contributed by atoms with Crippen molar-refractivity contribution < 1.29 is 28.7 Å². The van der Waals surface area contributed by atoms with Gasteiger partial charge in [-0.3, -0.25) is 19.4 Å². The lowest BCUT2D eigenvalue weighted by Gasteiger charge is -2.28. The highest BCUT2D eigenvalue weighted by molar-refractivity contribution is 6.06. The van der Waals surface area contributed by atoms with E-state index >= 15 is 0 Å². The van der Waals surface area contributed by atoms with Gasteiger partial charge in [0.25, 0.3) is 0 Å². The molecule has 6 rings (SSSR count). The Labute approximate surface area is 304 Å². The molecule has 0 spiro atoms. The molecule has 0 fully saturated rings. The van der Waals surface area contributed by atoms with E-state index in [9.17, 15) is 19.2 Å². The number of ether oxygens (including phenoxy) is 2. The van der Waals surface area contributed by atoms with E-state index < -0.39 is 35.5 Å². The summed E-state index contributed by atoms with van der Waals surface area (Å²) < 4.78 is 11.3. The van der Waals surface area contributed by atoms with Crippen molar-refractivity contribution >= 4 is 58.9 Å². The molecule has 0 aromatic heterocycles. The zero-order chi connectivity index (χ0) is 37.2. The van der Waals surface area contributed by atoms with E-state index in [1.807, 2.05) is 109 Å². The predicted octanol–water partition coefficient (Wildman–Crippen LogP) is 8.47. The molecular weight excluding hydrogens is 656 g/mol. The monoisotopic (exact) mass is 700 g/mol. The molecule has 2 aliphatic heterocycles. The maximum atomic E-state index is 13.5. The van der Waals surface area contributed by atoms with Crippen molar-refractivity contribution in [2.75, 3.05) is 20.4 Å². The number of amides is 4. The minimum absolute atomic E-state index is 0.299. The highest BCUT2D eigenvalue weighted by atomic mass is 16.6. The fourth-order valence-electron chi connectivity index (χ4n) is 6.26. The molecule has 268 valence electrons. The molecule has 2 aliphatic rings. The summed E-state index contributed by atoms with van der Waals surface area (Å²) >= 11 is 0. The first-order chi connectivity index (χ1) is 24.6. The van der Waals surface area contributed by atoms with Gasteiger partial charge in [0.05, 0.1) is 11.4 Å². The summed E-state index contributed by atoms with van der Waals surface area (Å²) in [7, 11) is 0. The van der Waals surface area contributed by atoms with Crippen LogP contribution in [-0.2, 0) is 31.9 Å². The standard InChI is InChI=1S/C42H44N4O6/c1-41(2,3)51-39(49)45-33-13-9-7-11-29(33)25-35(45)37(47)43-31-21-17-27(18-22-31)15-16-28-19-23-32(24-20-28)44-38(48)36-26-30-12-8-10-14-34(30)46(36)40(50)52-42(4,5)6/h7-24,35-36H,25-26H2,1-6H3,(H,43,47)(H,44,48)/b16-15+/t35-,36-/m0/s1. The van der Waals surface area contributed by atoms with Crippen LogP contribution >= 0.6 is 0 Å². The molecular formula is C42H44N4O6. The lowest BCUT2D eigenvalue weighted by Crippen LogP contribution is -2.47. The Morgan fingerprint density at radius 1 is 0.558 bits per heavy atom. The maximum absolute atomic E-state index is 13.5. The van der Waals surface area contributed by atoms with Crippen molar-refractivity contribution in [1.82, 2.24) is 0 Å². The Morgan fingerprint density at radius 2 is 0.904 bits per heavy atom. The van der Waals surface area contributed by atoms with Gasteiger partial charge >= 0.3 is 12.2 Å². The zero-order valence-corrected chi connectivity index (χ0v) is 30.3. The quantitative estimate of drug-likeness (QED) is 0.195. The molecule has 4 amide bonds. The first-order valence-corrected chi connectivity index (χ1v) is 17.4. The molecule has 0 bridgehead atoms. The first kappa shape index (κ1) is 35.9. The third-order valence-corrected chi connectivity index (χ3v) is 8.56. The van der Waals surface area contributed by atoms with E-state index in [-0.39, 0.29) is 11.8 Å². The molecule has 10 heteroatoms. The summed E-state index contributed by atoms with van der Waals surface area (Å²) in [5, 5.41) is 5.92. The largest absolute Gasteiger partial charge is 0.443 e. The summed E-state index contributed by atoms with van der Waals surface area (Å²) in [5.41, 5.74) is 4.83. The average molecular weight is 701 g/mol. The molecule has 0 radical (unpaired) electrons. The zero-order valence-electron chi connectivity index (χ0n) is 30.3. The van der Waals surface area contributed by atoms with Crippen molar-refractivity contribution in [3.05, 3.63) is 119 Å². The SMILES string of the molecule is CC(C)(C)OC(=O)N1c2ccccc2C[C@H]1C(=O)Nc1ccc(/C=C/c2ccc(NC(=O)[C@@H]3Cc4ccccc4N3C(=O)OC(C)(C)C)cc2)cc1. The number of fused-ring (bicyclic) bond motifs is 2. The molecule has 52 heavy (non-hydrogen) atoms. The number of benzene rings is 4. The van der Waals surface area contributed by atoms with Gasteiger partial charge in [-0.25, -0.2) is 9.59 Å². The fourth-order valence-corrected chi connectivity index (χ4v) is 6.26. The number of rotatable bonds is 6. The minimum Gasteiger partial charge on any atom is -0.443 e. The molecule has 10 nitrogen and oxygen atoms in total. The van der Waals surface area contributed by atoms with Crippen molar-refractivity contribution in [3.63, 3.8) is 0 Å². The van der Waals surface area contributed by atoms with Crippen LogP contribution in [0, 0.1) is 0 Å². The van der Waals surface area contributed by atoms with Crippen LogP contribution in [0.4, 0.5) is 32.3 Å². The third kappa shape index (κ3) is 8.34. The lowest BCUT2D eigenvalue weighted by atomic mass is 10.1. The van der Waals surface area contributed by atoms with Crippen LogP contribution in [-0.4, -0.2) is 47.3 Å². The Bertz CT molecular complexity index is 1860. The molecule has 4 aromatic rings. The minimum atomic E-state index is -0.738. The van der Waals surface area contributed by atoms with E-state index in [2.05, 4.69) is 10.6 Å². The van der Waals surface area contributed by atoms with E-state index in [0.29, 0.717) is 35.6 Å². The van der Waals surface area contributed by atoms with Gasteiger partial charge in [-0.2, -0.15) is 0 Å². The second-order valence-corrected chi connectivity index (χ2v) is 15.0. The molecule has 0 aliphatic carbocycles. The van der Waals surface area contributed by atoms with Crippen molar-refractivity contribution in [3.8, 4) is 0 Å². The summed E-state index contributed by atoms with van der Waals surface area (Å²) in [6, 6.07) is 28.3. The van der Waals surface area contributed by atoms with Crippen LogP contribution in [0.1, 0.15) is 63.8 Å². The predicted molar refractivity (Wildman–Crippen MR) is 204 cm³/mol. The number of anilines is 4. The fraction of sp³-hybridized carbons (Fsp3) is 0.286. The second kappa shape index (κ2) is 14.4.